The number of hydrogen-bond acceptors (Lipinski definition) is 4. The number of nitrogens with two attached hydrogens (primary N) is 1. The molecule has 20 heavy (non-hydrogen) atoms. The van der Waals surface area contributed by atoms with Crippen LogP contribution < -0.4 is 5.73 Å². The number of imidazole rings is 1. The molecule has 0 aliphatic rings. The molecule has 1 unspecified atom stereocenters. The molecule has 5 nitrogen and oxygen atoms in total. The molecule has 104 valence electrons. The smallest absolute Gasteiger partial charge is 0.269 e. The highest BCUT2D eigenvalue weighted by Crippen LogP contribution is 2.17. The summed E-state index contributed by atoms with van der Waals surface area (Å²) in [6.07, 6.45) is 8.19. The van der Waals surface area contributed by atoms with E-state index in [-0.39, 0.29) is 11.3 Å². The van der Waals surface area contributed by atoms with E-state index in [4.69, 9.17) is 12.2 Å². The van der Waals surface area contributed by atoms with E-state index in [1.54, 1.807) is 24.3 Å². The molecule has 0 saturated heterocycles. The summed E-state index contributed by atoms with van der Waals surface area (Å²) >= 11 is 0. The number of aromatic nitrogens is 2. The zero-order chi connectivity index (χ0) is 14.8. The Hall–Kier alpha value is -2.10. The van der Waals surface area contributed by atoms with Crippen LogP contribution >= 0.6 is 0 Å². The van der Waals surface area contributed by atoms with E-state index < -0.39 is 16.1 Å². The van der Waals surface area contributed by atoms with Crippen molar-refractivity contribution in [3.05, 3.63) is 48.0 Å². The zero-order valence-corrected chi connectivity index (χ0v) is 11.8. The van der Waals surface area contributed by atoms with Crippen molar-refractivity contribution in [3.63, 3.8) is 0 Å². The van der Waals surface area contributed by atoms with E-state index in [0.29, 0.717) is 5.69 Å². The van der Waals surface area contributed by atoms with Crippen molar-refractivity contribution >= 4 is 10.0 Å². The lowest BCUT2D eigenvalue weighted by Crippen LogP contribution is -2.24. The highest BCUT2D eigenvalue weighted by molar-refractivity contribution is 7.90. The number of hydrogen-bond donors (Lipinski definition) is 1. The van der Waals surface area contributed by atoms with Crippen LogP contribution in [-0.4, -0.2) is 23.4 Å². The van der Waals surface area contributed by atoms with Gasteiger partial charge in [0.25, 0.3) is 10.0 Å². The summed E-state index contributed by atoms with van der Waals surface area (Å²) in [7, 11) is -3.67. The minimum absolute atomic E-state index is 0.205. The number of rotatable bonds is 4. The molecule has 1 aromatic carbocycles. The van der Waals surface area contributed by atoms with E-state index in [1.165, 1.54) is 12.5 Å². The molecule has 0 fully saturated rings. The van der Waals surface area contributed by atoms with Crippen molar-refractivity contribution in [1.29, 1.82) is 0 Å². The Morgan fingerprint density at radius 3 is 2.65 bits per heavy atom. The fraction of sp³-hybridized carbons (Fsp3) is 0.214. The third kappa shape index (κ3) is 2.74. The monoisotopic (exact) mass is 289 g/mol. The van der Waals surface area contributed by atoms with Crippen LogP contribution in [-0.2, 0) is 16.4 Å². The molecule has 2 rings (SSSR count). The van der Waals surface area contributed by atoms with Crippen molar-refractivity contribution in [3.8, 4) is 12.3 Å². The second-order valence-corrected chi connectivity index (χ2v) is 6.29. The largest absolute Gasteiger partial charge is 0.317 e. The van der Waals surface area contributed by atoms with Gasteiger partial charge in [0.1, 0.15) is 6.33 Å². The van der Waals surface area contributed by atoms with Gasteiger partial charge in [0, 0.05) is 12.6 Å². The summed E-state index contributed by atoms with van der Waals surface area (Å²) in [5.74, 6) is 2.37. The van der Waals surface area contributed by atoms with Crippen LogP contribution in [0.15, 0.2) is 41.7 Å². The first-order chi connectivity index (χ1) is 9.45. The van der Waals surface area contributed by atoms with E-state index in [1.807, 2.05) is 6.92 Å². The van der Waals surface area contributed by atoms with Crippen LogP contribution in [0.3, 0.4) is 0 Å². The molecular weight excluding hydrogens is 274 g/mol. The third-order valence-corrected chi connectivity index (χ3v) is 4.61. The second-order valence-electron chi connectivity index (χ2n) is 4.48. The fourth-order valence-electron chi connectivity index (χ4n) is 1.78. The first kappa shape index (κ1) is 14.3. The van der Waals surface area contributed by atoms with Gasteiger partial charge in [-0.25, -0.2) is 17.4 Å². The lowest BCUT2D eigenvalue weighted by Gasteiger charge is -2.10. The lowest BCUT2D eigenvalue weighted by molar-refractivity contribution is 0.584. The molecule has 6 heteroatoms. The van der Waals surface area contributed by atoms with Crippen molar-refractivity contribution in [2.75, 3.05) is 0 Å². The molecule has 0 saturated carbocycles. The van der Waals surface area contributed by atoms with Crippen LogP contribution in [0, 0.1) is 19.3 Å². The van der Waals surface area contributed by atoms with Gasteiger partial charge in [0.05, 0.1) is 16.6 Å². The van der Waals surface area contributed by atoms with Gasteiger partial charge in [-0.15, -0.1) is 6.42 Å². The molecule has 1 aromatic heterocycles. The fourth-order valence-corrected chi connectivity index (χ4v) is 3.09. The Morgan fingerprint density at radius 2 is 2.05 bits per heavy atom. The van der Waals surface area contributed by atoms with Crippen molar-refractivity contribution in [2.45, 2.75) is 24.3 Å². The van der Waals surface area contributed by atoms with Crippen LogP contribution in [0.25, 0.3) is 0 Å². The number of aryl methyl sites for hydroxylation is 1. The standard InChI is InChI=1S/C14H15N3O2S/c1-3-12(15)8-13-9-16-10-17(13)20(18,19)14-6-4-11(2)5-7-14/h1,4-7,9-10,12H,8,15H2,2H3. The lowest BCUT2D eigenvalue weighted by atomic mass is 10.2. The Morgan fingerprint density at radius 1 is 1.40 bits per heavy atom. The number of benzene rings is 1. The predicted molar refractivity (Wildman–Crippen MR) is 76.5 cm³/mol. The summed E-state index contributed by atoms with van der Waals surface area (Å²) in [5.41, 5.74) is 7.12. The molecule has 0 aliphatic carbocycles. The first-order valence-electron chi connectivity index (χ1n) is 6.00. The van der Waals surface area contributed by atoms with E-state index >= 15 is 0 Å². The highest BCUT2D eigenvalue weighted by atomic mass is 32.2. The maximum absolute atomic E-state index is 12.5. The molecular formula is C14H15N3O2S. The topological polar surface area (TPSA) is 78.0 Å². The number of terminal acetylenes is 1. The Kier molecular flexibility index (Phi) is 3.93. The highest BCUT2D eigenvalue weighted by Gasteiger charge is 2.20. The van der Waals surface area contributed by atoms with E-state index in [9.17, 15) is 8.42 Å². The Balaban J connectivity index is 2.43. The Bertz CT molecular complexity index is 739. The molecule has 2 aromatic rings. The van der Waals surface area contributed by atoms with Crippen LogP contribution in [0.2, 0.25) is 0 Å². The maximum atomic E-state index is 12.5. The van der Waals surface area contributed by atoms with Crippen molar-refractivity contribution < 1.29 is 8.42 Å². The summed E-state index contributed by atoms with van der Waals surface area (Å²) in [4.78, 5) is 4.08. The average molecular weight is 289 g/mol. The summed E-state index contributed by atoms with van der Waals surface area (Å²) in [6, 6.07) is 6.08. The van der Waals surface area contributed by atoms with Crippen LogP contribution in [0.5, 0.6) is 0 Å². The normalized spacial score (nSPS) is 12.8. The SMILES string of the molecule is C#CC(N)Cc1cncn1S(=O)(=O)c1ccc(C)cc1. The van der Waals surface area contributed by atoms with Gasteiger partial charge < -0.3 is 5.73 Å². The zero-order valence-electron chi connectivity index (χ0n) is 11.0. The average Bonchev–Trinajstić information content (AvgIpc) is 2.88. The van der Waals surface area contributed by atoms with Gasteiger partial charge in [-0.2, -0.15) is 0 Å². The molecule has 0 radical (unpaired) electrons. The van der Waals surface area contributed by atoms with Gasteiger partial charge >= 0.3 is 0 Å². The third-order valence-electron chi connectivity index (χ3n) is 2.90. The van der Waals surface area contributed by atoms with E-state index in [0.717, 1.165) is 9.54 Å². The van der Waals surface area contributed by atoms with Crippen LogP contribution in [0.4, 0.5) is 0 Å². The van der Waals surface area contributed by atoms with Gasteiger partial charge in [-0.3, -0.25) is 0 Å². The summed E-state index contributed by atoms with van der Waals surface area (Å²) in [5, 5.41) is 0. The quantitative estimate of drug-likeness (QED) is 0.849. The predicted octanol–water partition coefficient (Wildman–Crippen LogP) is 0.932. The molecule has 0 amide bonds. The van der Waals surface area contributed by atoms with Crippen LogP contribution in [0.1, 0.15) is 11.3 Å². The Labute approximate surface area is 118 Å². The van der Waals surface area contributed by atoms with Crippen molar-refractivity contribution in [2.24, 2.45) is 5.73 Å². The molecule has 0 aliphatic heterocycles. The minimum Gasteiger partial charge on any atom is -0.317 e. The number of nitrogens with zero attached hydrogens (tertiary/aromatic N) is 2. The van der Waals surface area contributed by atoms with E-state index in [2.05, 4.69) is 10.9 Å². The molecule has 0 spiro atoms. The minimum atomic E-state index is -3.67. The van der Waals surface area contributed by atoms with Gasteiger partial charge in [0.2, 0.25) is 0 Å². The first-order valence-corrected chi connectivity index (χ1v) is 7.44. The molecule has 1 heterocycles. The molecule has 1 atom stereocenters. The summed E-state index contributed by atoms with van der Waals surface area (Å²) in [6.45, 7) is 1.89. The van der Waals surface area contributed by atoms with Crippen molar-refractivity contribution in [1.82, 2.24) is 8.96 Å². The van der Waals surface area contributed by atoms with Gasteiger partial charge in [-0.1, -0.05) is 23.6 Å². The summed E-state index contributed by atoms with van der Waals surface area (Å²) < 4.78 is 26.2. The molecule has 2 N–H and O–H groups in total. The second kappa shape index (κ2) is 5.49. The maximum Gasteiger partial charge on any atom is 0.269 e. The molecule has 0 bridgehead atoms. The van der Waals surface area contributed by atoms with Gasteiger partial charge in [0.15, 0.2) is 0 Å². The van der Waals surface area contributed by atoms with Gasteiger partial charge in [-0.05, 0) is 19.1 Å².